The van der Waals surface area contributed by atoms with Crippen molar-refractivity contribution in [3.8, 4) is 11.6 Å². The van der Waals surface area contributed by atoms with Crippen molar-refractivity contribution in [1.29, 1.82) is 0 Å². The molecule has 4 heterocycles. The Balaban J connectivity index is 1.15. The quantitative estimate of drug-likeness (QED) is 0.582. The van der Waals surface area contributed by atoms with Gasteiger partial charge in [0.25, 0.3) is 5.91 Å². The van der Waals surface area contributed by atoms with Crippen molar-refractivity contribution >= 4 is 11.7 Å². The molecule has 2 aliphatic rings. The van der Waals surface area contributed by atoms with Crippen LogP contribution in [0.3, 0.4) is 0 Å². The fraction of sp³-hybridized carbons (Fsp3) is 0.423. The lowest BCUT2D eigenvalue weighted by Crippen LogP contribution is -2.40. The first-order valence-corrected chi connectivity index (χ1v) is 12.1. The molecular formula is C26H30N6O3. The predicted molar refractivity (Wildman–Crippen MR) is 131 cm³/mol. The number of amides is 1. The molecular weight excluding hydrogens is 444 g/mol. The van der Waals surface area contributed by atoms with Crippen LogP contribution >= 0.6 is 0 Å². The van der Waals surface area contributed by atoms with E-state index in [0.717, 1.165) is 68.0 Å². The first-order chi connectivity index (χ1) is 17.1. The second-order valence-corrected chi connectivity index (χ2v) is 9.10. The van der Waals surface area contributed by atoms with E-state index in [1.807, 2.05) is 31.3 Å². The van der Waals surface area contributed by atoms with E-state index >= 15 is 0 Å². The summed E-state index contributed by atoms with van der Waals surface area (Å²) in [6, 6.07) is 9.64. The Bertz CT molecular complexity index is 1180. The van der Waals surface area contributed by atoms with Gasteiger partial charge in [0.2, 0.25) is 5.88 Å². The molecule has 0 aromatic carbocycles. The zero-order valence-corrected chi connectivity index (χ0v) is 20.1. The number of hydrogen-bond acceptors (Lipinski definition) is 8. The van der Waals surface area contributed by atoms with Crippen LogP contribution in [0.25, 0.3) is 0 Å². The summed E-state index contributed by atoms with van der Waals surface area (Å²) in [5.74, 6) is 1.95. The van der Waals surface area contributed by atoms with Crippen LogP contribution in [0.2, 0.25) is 0 Å². The Morgan fingerprint density at radius 3 is 2.71 bits per heavy atom. The Kier molecular flexibility index (Phi) is 6.74. The van der Waals surface area contributed by atoms with Gasteiger partial charge in [0.05, 0.1) is 13.3 Å². The number of methoxy groups -OCH3 is 1. The highest BCUT2D eigenvalue weighted by Crippen LogP contribution is 2.25. The number of rotatable bonds is 6. The van der Waals surface area contributed by atoms with Gasteiger partial charge in [-0.2, -0.15) is 0 Å². The van der Waals surface area contributed by atoms with Gasteiger partial charge in [-0.15, -0.1) is 10.2 Å². The fourth-order valence-electron chi connectivity index (χ4n) is 4.77. The summed E-state index contributed by atoms with van der Waals surface area (Å²) in [4.78, 5) is 23.7. The number of nitrogens with one attached hydrogen (secondary N) is 1. The Labute approximate surface area is 204 Å². The predicted octanol–water partition coefficient (Wildman–Crippen LogP) is 2.92. The van der Waals surface area contributed by atoms with E-state index in [2.05, 4.69) is 36.4 Å². The molecule has 182 valence electrons. The molecule has 3 aromatic heterocycles. The summed E-state index contributed by atoms with van der Waals surface area (Å²) in [5, 5.41) is 11.8. The van der Waals surface area contributed by atoms with Crippen molar-refractivity contribution in [2.45, 2.75) is 51.2 Å². The molecule has 9 nitrogen and oxygen atoms in total. The van der Waals surface area contributed by atoms with Crippen LogP contribution in [0.1, 0.15) is 46.6 Å². The van der Waals surface area contributed by atoms with E-state index in [-0.39, 0.29) is 18.1 Å². The molecule has 0 spiro atoms. The molecule has 1 amide bonds. The van der Waals surface area contributed by atoms with Crippen molar-refractivity contribution in [3.05, 3.63) is 65.2 Å². The second-order valence-electron chi connectivity index (χ2n) is 9.10. The van der Waals surface area contributed by atoms with E-state index in [0.29, 0.717) is 11.6 Å². The zero-order valence-electron chi connectivity index (χ0n) is 20.1. The lowest BCUT2D eigenvalue weighted by atomic mass is 9.92. The molecule has 35 heavy (non-hydrogen) atoms. The molecule has 0 bridgehead atoms. The highest BCUT2D eigenvalue weighted by Gasteiger charge is 2.25. The largest absolute Gasteiger partial charge is 0.489 e. The number of pyridine rings is 2. The number of anilines is 1. The average Bonchev–Trinajstić information content (AvgIpc) is 2.89. The van der Waals surface area contributed by atoms with Gasteiger partial charge in [-0.05, 0) is 49.1 Å². The minimum absolute atomic E-state index is 0.0617. The standard InChI is InChI=1S/C26H30N6O3/c1-17-14-23(26(33)29-19-6-5-18-4-3-11-27-22(18)15-19)30-31-25(17)32-12-9-20(10-13-32)35-21-7-8-24(34-2)28-16-21/h3-4,7-8,11,14,16,19-20H,5-6,9-10,12-13,15H2,1-2H3,(H,29,33). The van der Waals surface area contributed by atoms with E-state index in [4.69, 9.17) is 9.47 Å². The maximum atomic E-state index is 12.8. The van der Waals surface area contributed by atoms with Gasteiger partial charge >= 0.3 is 0 Å². The maximum absolute atomic E-state index is 12.8. The van der Waals surface area contributed by atoms with Gasteiger partial charge in [-0.1, -0.05) is 6.07 Å². The average molecular weight is 475 g/mol. The minimum Gasteiger partial charge on any atom is -0.489 e. The normalized spacial score (nSPS) is 18.0. The highest BCUT2D eigenvalue weighted by molar-refractivity contribution is 5.92. The number of ether oxygens (including phenoxy) is 2. The third kappa shape index (κ3) is 5.34. The van der Waals surface area contributed by atoms with Crippen molar-refractivity contribution in [1.82, 2.24) is 25.5 Å². The molecule has 0 radical (unpaired) electrons. The minimum atomic E-state index is -0.184. The lowest BCUT2D eigenvalue weighted by molar-refractivity contribution is 0.0927. The van der Waals surface area contributed by atoms with Crippen molar-refractivity contribution in [2.24, 2.45) is 0 Å². The topological polar surface area (TPSA) is 102 Å². The van der Waals surface area contributed by atoms with Crippen LogP contribution < -0.4 is 19.7 Å². The number of nitrogens with zero attached hydrogens (tertiary/aromatic N) is 5. The summed E-state index contributed by atoms with van der Waals surface area (Å²) in [6.45, 7) is 3.60. The summed E-state index contributed by atoms with van der Waals surface area (Å²) < 4.78 is 11.2. The number of aryl methyl sites for hydroxylation is 2. The van der Waals surface area contributed by atoms with Gasteiger partial charge in [0.1, 0.15) is 11.9 Å². The van der Waals surface area contributed by atoms with Crippen molar-refractivity contribution in [3.63, 3.8) is 0 Å². The Morgan fingerprint density at radius 2 is 1.97 bits per heavy atom. The number of carbonyl (C=O) groups excluding carboxylic acids is 1. The molecule has 1 aliphatic carbocycles. The Morgan fingerprint density at radius 1 is 1.11 bits per heavy atom. The first-order valence-electron chi connectivity index (χ1n) is 12.1. The van der Waals surface area contributed by atoms with Crippen molar-refractivity contribution < 1.29 is 14.3 Å². The molecule has 3 aromatic rings. The van der Waals surface area contributed by atoms with Crippen LogP contribution in [0, 0.1) is 6.92 Å². The Hall–Kier alpha value is -3.75. The molecule has 1 fully saturated rings. The number of hydrogen-bond donors (Lipinski definition) is 1. The van der Waals surface area contributed by atoms with Gasteiger partial charge < -0.3 is 19.7 Å². The van der Waals surface area contributed by atoms with Gasteiger partial charge in [-0.25, -0.2) is 4.98 Å². The van der Waals surface area contributed by atoms with E-state index in [1.165, 1.54) is 5.56 Å². The van der Waals surface area contributed by atoms with E-state index in [1.54, 1.807) is 19.4 Å². The summed E-state index contributed by atoms with van der Waals surface area (Å²) in [7, 11) is 1.59. The van der Waals surface area contributed by atoms with Crippen LogP contribution in [0.4, 0.5) is 5.82 Å². The zero-order chi connectivity index (χ0) is 24.2. The molecule has 5 rings (SSSR count). The molecule has 9 heteroatoms. The van der Waals surface area contributed by atoms with E-state index < -0.39 is 0 Å². The monoisotopic (exact) mass is 474 g/mol. The molecule has 1 unspecified atom stereocenters. The lowest BCUT2D eigenvalue weighted by Gasteiger charge is -2.33. The SMILES string of the molecule is COc1ccc(OC2CCN(c3nnc(C(=O)NC4CCc5cccnc5C4)cc3C)CC2)cn1. The molecule has 1 aliphatic heterocycles. The van der Waals surface area contributed by atoms with Gasteiger partial charge in [0, 0.05) is 56.4 Å². The fourth-order valence-corrected chi connectivity index (χ4v) is 4.77. The van der Waals surface area contributed by atoms with Crippen molar-refractivity contribution in [2.75, 3.05) is 25.1 Å². The van der Waals surface area contributed by atoms with Crippen LogP contribution in [-0.2, 0) is 12.8 Å². The van der Waals surface area contributed by atoms with Crippen LogP contribution in [0.5, 0.6) is 11.6 Å². The number of aromatic nitrogens is 4. The summed E-state index contributed by atoms with van der Waals surface area (Å²) in [6.07, 6.45) is 7.92. The van der Waals surface area contributed by atoms with Gasteiger partial charge in [0.15, 0.2) is 11.5 Å². The number of fused-ring (bicyclic) bond motifs is 1. The highest BCUT2D eigenvalue weighted by atomic mass is 16.5. The third-order valence-corrected chi connectivity index (χ3v) is 6.68. The smallest absolute Gasteiger partial charge is 0.272 e. The van der Waals surface area contributed by atoms with Crippen LogP contribution in [0.15, 0.2) is 42.7 Å². The third-order valence-electron chi connectivity index (χ3n) is 6.68. The summed E-state index contributed by atoms with van der Waals surface area (Å²) in [5.41, 5.74) is 3.63. The van der Waals surface area contributed by atoms with Gasteiger partial charge in [-0.3, -0.25) is 9.78 Å². The first kappa shape index (κ1) is 23.0. The number of piperidine rings is 1. The molecule has 0 saturated carbocycles. The van der Waals surface area contributed by atoms with Crippen LogP contribution in [-0.4, -0.2) is 58.4 Å². The molecule has 1 N–H and O–H groups in total. The molecule has 1 atom stereocenters. The van der Waals surface area contributed by atoms with E-state index in [9.17, 15) is 4.79 Å². The second kappa shape index (κ2) is 10.2. The maximum Gasteiger partial charge on any atom is 0.272 e. The molecule has 1 saturated heterocycles. The summed E-state index contributed by atoms with van der Waals surface area (Å²) >= 11 is 0. The number of carbonyl (C=O) groups is 1.